The van der Waals surface area contributed by atoms with Crippen molar-refractivity contribution in [3.63, 3.8) is 0 Å². The minimum atomic E-state index is -3.86. The van der Waals surface area contributed by atoms with Crippen molar-refractivity contribution >= 4 is 37.3 Å². The number of nitrogens with zero attached hydrogens (tertiary/aromatic N) is 3. The van der Waals surface area contributed by atoms with Gasteiger partial charge in [0.1, 0.15) is 9.90 Å². The summed E-state index contributed by atoms with van der Waals surface area (Å²) in [6.07, 6.45) is 1.58. The van der Waals surface area contributed by atoms with Crippen LogP contribution in [0.4, 0.5) is 5.69 Å². The van der Waals surface area contributed by atoms with E-state index in [0.717, 1.165) is 26.5 Å². The normalized spacial score (nSPS) is 12.2. The van der Waals surface area contributed by atoms with Gasteiger partial charge in [0.2, 0.25) is 0 Å². The van der Waals surface area contributed by atoms with Gasteiger partial charge in [-0.15, -0.1) is 11.3 Å². The third-order valence-corrected chi connectivity index (χ3v) is 8.08. The van der Waals surface area contributed by atoms with Crippen LogP contribution in [0.25, 0.3) is 26.5 Å². The lowest BCUT2D eigenvalue weighted by atomic mass is 9.92. The van der Waals surface area contributed by atoms with Crippen LogP contribution in [0, 0.1) is 6.92 Å². The number of fused-ring (bicyclic) bond motifs is 1. The first-order valence-corrected chi connectivity index (χ1v) is 13.6. The highest BCUT2D eigenvalue weighted by atomic mass is 32.2. The highest BCUT2D eigenvalue weighted by molar-refractivity contribution is 7.92. The molecule has 5 aromatic rings. The molecule has 0 saturated heterocycles. The quantitative estimate of drug-likeness (QED) is 0.295. The molecule has 0 unspecified atom stereocenters. The van der Waals surface area contributed by atoms with E-state index in [9.17, 15) is 8.42 Å². The number of hydrogen-bond donors (Lipinski definition) is 1. The minimum absolute atomic E-state index is 0.166. The molecule has 1 N–H and O–H groups in total. The van der Waals surface area contributed by atoms with Crippen molar-refractivity contribution in [2.24, 2.45) is 0 Å². The van der Waals surface area contributed by atoms with Crippen LogP contribution in [-0.4, -0.2) is 23.2 Å². The van der Waals surface area contributed by atoms with Crippen molar-refractivity contribution in [1.29, 1.82) is 0 Å². The lowest BCUT2D eigenvalue weighted by Crippen LogP contribution is -2.20. The summed E-state index contributed by atoms with van der Waals surface area (Å²) in [7, 11) is -3.86. The van der Waals surface area contributed by atoms with Crippen LogP contribution in [0.15, 0.2) is 83.9 Å². The Morgan fingerprint density at radius 1 is 0.943 bits per heavy atom. The Morgan fingerprint density at radius 3 is 2.34 bits per heavy atom. The lowest BCUT2D eigenvalue weighted by Gasteiger charge is -2.18. The zero-order valence-corrected chi connectivity index (χ0v) is 21.6. The molecule has 0 fully saturated rings. The molecule has 35 heavy (non-hydrogen) atoms. The largest absolute Gasteiger partial charge is 0.280 e. The first kappa shape index (κ1) is 23.3. The molecule has 0 aliphatic carbocycles. The molecule has 0 amide bonds. The maximum atomic E-state index is 13.4. The van der Waals surface area contributed by atoms with E-state index in [4.69, 9.17) is 4.98 Å². The standard InChI is InChI=1S/C27H26N4O2S2/c1-18-10-15-22-23(16-18)34-26(28-22)19-11-13-20(14-12-19)30-35(32,33)24-17-31(21-8-6-5-7-9-21)29-25(24)27(2,3)4/h5-17,30H,1-4H3. The second-order valence-electron chi connectivity index (χ2n) is 9.55. The smallest absolute Gasteiger partial charge is 0.265 e. The predicted octanol–water partition coefficient (Wildman–Crippen LogP) is 6.56. The van der Waals surface area contributed by atoms with Crippen molar-refractivity contribution in [2.45, 2.75) is 38.0 Å². The Morgan fingerprint density at radius 2 is 1.66 bits per heavy atom. The second-order valence-corrected chi connectivity index (χ2v) is 12.2. The molecule has 8 heteroatoms. The SMILES string of the molecule is Cc1ccc2nc(-c3ccc(NS(=O)(=O)c4cn(-c5ccccc5)nc4C(C)(C)C)cc3)sc2c1. The molecule has 178 valence electrons. The number of thiazole rings is 1. The summed E-state index contributed by atoms with van der Waals surface area (Å²) in [5.41, 5.74) is 4.44. The molecule has 0 bridgehead atoms. The third-order valence-electron chi connectivity index (χ3n) is 5.63. The van der Waals surface area contributed by atoms with Gasteiger partial charge in [0.15, 0.2) is 0 Å². The van der Waals surface area contributed by atoms with Gasteiger partial charge < -0.3 is 0 Å². The van der Waals surface area contributed by atoms with Crippen LogP contribution in [0.1, 0.15) is 32.0 Å². The number of nitrogens with one attached hydrogen (secondary N) is 1. The van der Waals surface area contributed by atoms with Gasteiger partial charge in [-0.25, -0.2) is 18.1 Å². The van der Waals surface area contributed by atoms with Crippen LogP contribution < -0.4 is 4.72 Å². The van der Waals surface area contributed by atoms with Crippen molar-refractivity contribution < 1.29 is 8.42 Å². The monoisotopic (exact) mass is 502 g/mol. The summed E-state index contributed by atoms with van der Waals surface area (Å²) in [6.45, 7) is 7.93. The Labute approximate surface area is 209 Å². The maximum absolute atomic E-state index is 13.4. The molecule has 2 aromatic heterocycles. The fourth-order valence-corrected chi connectivity index (χ4v) is 6.30. The van der Waals surface area contributed by atoms with E-state index in [1.807, 2.05) is 69.3 Å². The summed E-state index contributed by atoms with van der Waals surface area (Å²) in [4.78, 5) is 4.88. The molecule has 6 nitrogen and oxygen atoms in total. The number of para-hydroxylation sites is 1. The number of sulfonamides is 1. The number of anilines is 1. The van der Waals surface area contributed by atoms with Crippen molar-refractivity contribution in [2.75, 3.05) is 4.72 Å². The molecule has 5 rings (SSSR count). The predicted molar refractivity (Wildman–Crippen MR) is 143 cm³/mol. The highest BCUT2D eigenvalue weighted by Crippen LogP contribution is 2.33. The summed E-state index contributed by atoms with van der Waals surface area (Å²) < 4.78 is 32.4. The number of benzene rings is 3. The van der Waals surface area contributed by atoms with Gasteiger partial charge >= 0.3 is 0 Å². The first-order valence-electron chi connectivity index (χ1n) is 11.3. The molecular formula is C27H26N4O2S2. The van der Waals surface area contributed by atoms with E-state index in [0.29, 0.717) is 11.4 Å². The summed E-state index contributed by atoms with van der Waals surface area (Å²) in [6, 6.07) is 23.0. The van der Waals surface area contributed by atoms with Gasteiger partial charge in [0.25, 0.3) is 10.0 Å². The van der Waals surface area contributed by atoms with Crippen LogP contribution in [0.5, 0.6) is 0 Å². The van der Waals surface area contributed by atoms with E-state index >= 15 is 0 Å². The minimum Gasteiger partial charge on any atom is -0.280 e. The summed E-state index contributed by atoms with van der Waals surface area (Å²) in [5.74, 6) is 0. The number of aryl methyl sites for hydroxylation is 1. The van der Waals surface area contributed by atoms with Gasteiger partial charge in [-0.1, -0.05) is 45.0 Å². The molecule has 0 saturated carbocycles. The van der Waals surface area contributed by atoms with Crippen molar-refractivity contribution in [3.05, 3.63) is 90.3 Å². The molecular weight excluding hydrogens is 476 g/mol. The first-order chi connectivity index (χ1) is 16.6. The van der Waals surface area contributed by atoms with Crippen LogP contribution >= 0.6 is 11.3 Å². The number of hydrogen-bond acceptors (Lipinski definition) is 5. The van der Waals surface area contributed by atoms with Gasteiger partial charge in [0, 0.05) is 16.7 Å². The van der Waals surface area contributed by atoms with Crippen molar-refractivity contribution in [1.82, 2.24) is 14.8 Å². The third kappa shape index (κ3) is 4.72. The molecule has 0 atom stereocenters. The molecule has 0 aliphatic rings. The van der Waals surface area contributed by atoms with Gasteiger partial charge in [0.05, 0.1) is 27.8 Å². The Kier molecular flexibility index (Phi) is 5.73. The topological polar surface area (TPSA) is 76.9 Å². The Bertz CT molecular complexity index is 1610. The van der Waals surface area contributed by atoms with Gasteiger partial charge in [-0.2, -0.15) is 5.10 Å². The second kappa shape index (κ2) is 8.62. The van der Waals surface area contributed by atoms with E-state index in [1.165, 1.54) is 5.56 Å². The molecule has 0 spiro atoms. The molecule has 0 aliphatic heterocycles. The average molecular weight is 503 g/mol. The summed E-state index contributed by atoms with van der Waals surface area (Å²) >= 11 is 1.62. The lowest BCUT2D eigenvalue weighted by molar-refractivity contribution is 0.543. The van der Waals surface area contributed by atoms with Crippen LogP contribution in [0.3, 0.4) is 0 Å². The number of aromatic nitrogens is 3. The Balaban J connectivity index is 1.45. The number of rotatable bonds is 5. The average Bonchev–Trinajstić information content (AvgIpc) is 3.45. The van der Waals surface area contributed by atoms with Gasteiger partial charge in [-0.3, -0.25) is 4.72 Å². The van der Waals surface area contributed by atoms with Crippen molar-refractivity contribution in [3.8, 4) is 16.3 Å². The fourth-order valence-electron chi connectivity index (χ4n) is 3.83. The Hall–Kier alpha value is -3.49. The zero-order valence-electron chi connectivity index (χ0n) is 20.0. The van der Waals surface area contributed by atoms with E-state index in [1.54, 1.807) is 34.3 Å². The fraction of sp³-hybridized carbons (Fsp3) is 0.185. The summed E-state index contributed by atoms with van der Waals surface area (Å²) in [5, 5.41) is 5.53. The van der Waals surface area contributed by atoms with E-state index < -0.39 is 15.4 Å². The molecule has 3 aromatic carbocycles. The van der Waals surface area contributed by atoms with E-state index in [2.05, 4.69) is 28.9 Å². The zero-order chi connectivity index (χ0) is 24.8. The molecule has 2 heterocycles. The maximum Gasteiger partial charge on any atom is 0.265 e. The van der Waals surface area contributed by atoms with E-state index in [-0.39, 0.29) is 4.90 Å². The van der Waals surface area contributed by atoms with Crippen LogP contribution in [0.2, 0.25) is 0 Å². The van der Waals surface area contributed by atoms with Crippen LogP contribution in [-0.2, 0) is 15.4 Å². The molecule has 0 radical (unpaired) electrons. The van der Waals surface area contributed by atoms with Gasteiger partial charge in [-0.05, 0) is 61.0 Å². The highest BCUT2D eigenvalue weighted by Gasteiger charge is 2.30.